The number of allylic oxidation sites excluding steroid dienone is 1. The number of nitrogens with one attached hydrogen (secondary N) is 3. The number of halogens is 1. The molecule has 0 saturated carbocycles. The van der Waals surface area contributed by atoms with Gasteiger partial charge in [0.25, 0.3) is 0 Å². The highest BCUT2D eigenvalue weighted by atomic mass is 127. The molecule has 0 fully saturated rings. The van der Waals surface area contributed by atoms with E-state index in [-0.39, 0.29) is 17.9 Å². The zero-order chi connectivity index (χ0) is 27.8. The average molecular weight is 640 g/mol. The highest BCUT2D eigenvalue weighted by molar-refractivity contribution is 14.1. The molecule has 0 radical (unpaired) electrons. The predicted octanol–water partition coefficient (Wildman–Crippen LogP) is 2.53. The van der Waals surface area contributed by atoms with Gasteiger partial charge in [-0.3, -0.25) is 5.43 Å². The van der Waals surface area contributed by atoms with Crippen molar-refractivity contribution in [3.05, 3.63) is 56.3 Å². The third-order valence-electron chi connectivity index (χ3n) is 5.39. The number of hydrogen-bond acceptors (Lipinski definition) is 10. The van der Waals surface area contributed by atoms with E-state index < -0.39 is 24.3 Å². The number of urea groups is 1. The first-order valence-corrected chi connectivity index (χ1v) is 12.6. The number of esters is 1. The maximum absolute atomic E-state index is 12.4. The Morgan fingerprint density at radius 3 is 2.66 bits per heavy atom. The number of aromatic hydroxyl groups is 1. The Labute approximate surface area is 233 Å². The van der Waals surface area contributed by atoms with Crippen molar-refractivity contribution < 1.29 is 38.7 Å². The Balaban J connectivity index is 1.72. The van der Waals surface area contributed by atoms with Crippen LogP contribution in [0, 0.1) is 3.57 Å². The lowest BCUT2D eigenvalue weighted by atomic mass is 9.95. The predicted molar refractivity (Wildman–Crippen MR) is 146 cm³/mol. The van der Waals surface area contributed by atoms with Gasteiger partial charge in [0.15, 0.2) is 29.2 Å². The summed E-state index contributed by atoms with van der Waals surface area (Å²) in [7, 11) is 2.72. The molecule has 0 aromatic heterocycles. The van der Waals surface area contributed by atoms with E-state index in [1.165, 1.54) is 20.4 Å². The Bertz CT molecular complexity index is 1250. The molecule has 5 N–H and O–H groups in total. The fourth-order valence-corrected chi connectivity index (χ4v) is 4.28. The SMILES string of the molecule is CCOc1cc([C@@H]2NC(=O)NC(C)=C2C(=O)OC)ccc1OC[C@H](O)N/N=C/c1cc(I)cc(OC)c1O. The Morgan fingerprint density at radius 2 is 1.97 bits per heavy atom. The molecule has 12 nitrogen and oxygen atoms in total. The summed E-state index contributed by atoms with van der Waals surface area (Å²) >= 11 is 2.09. The second-order valence-electron chi connectivity index (χ2n) is 7.96. The molecule has 0 bridgehead atoms. The molecule has 2 atom stereocenters. The number of phenolic OH excluding ortho intramolecular Hbond substituents is 1. The number of phenols is 1. The van der Waals surface area contributed by atoms with Gasteiger partial charge in [-0.2, -0.15) is 5.10 Å². The summed E-state index contributed by atoms with van der Waals surface area (Å²) in [6, 6.07) is 7.11. The largest absolute Gasteiger partial charge is 0.504 e. The number of benzene rings is 2. The number of ether oxygens (including phenoxy) is 4. The maximum Gasteiger partial charge on any atom is 0.337 e. The van der Waals surface area contributed by atoms with E-state index in [0.717, 1.165) is 3.57 Å². The Hall–Kier alpha value is -3.72. The van der Waals surface area contributed by atoms with Crippen LogP contribution in [0.1, 0.15) is 31.0 Å². The normalized spacial score (nSPS) is 15.9. The molecular weight excluding hydrogens is 611 g/mol. The van der Waals surface area contributed by atoms with Crippen LogP contribution in [-0.2, 0) is 9.53 Å². The molecule has 1 aliphatic rings. The van der Waals surface area contributed by atoms with Gasteiger partial charge in [0.05, 0.1) is 38.7 Å². The topological polar surface area (TPSA) is 160 Å². The number of aliphatic hydroxyl groups is 1. The lowest BCUT2D eigenvalue weighted by molar-refractivity contribution is -0.136. The summed E-state index contributed by atoms with van der Waals surface area (Å²) in [5.74, 6) is 0.343. The van der Waals surface area contributed by atoms with Crippen LogP contribution < -0.4 is 30.3 Å². The number of hydrazone groups is 1. The van der Waals surface area contributed by atoms with Crippen LogP contribution in [0.25, 0.3) is 0 Å². The van der Waals surface area contributed by atoms with Crippen molar-refractivity contribution in [1.29, 1.82) is 0 Å². The summed E-state index contributed by atoms with van der Waals surface area (Å²) in [6.45, 7) is 3.55. The molecule has 0 saturated heterocycles. The lowest BCUT2D eigenvalue weighted by Crippen LogP contribution is -2.45. The zero-order valence-electron chi connectivity index (χ0n) is 21.2. The van der Waals surface area contributed by atoms with Crippen LogP contribution in [0.15, 0.2) is 46.7 Å². The Morgan fingerprint density at radius 1 is 1.21 bits per heavy atom. The molecule has 1 aliphatic heterocycles. The minimum atomic E-state index is -1.19. The molecule has 0 spiro atoms. The van der Waals surface area contributed by atoms with Crippen molar-refractivity contribution in [2.45, 2.75) is 26.1 Å². The molecule has 0 unspecified atom stereocenters. The number of amides is 2. The number of carbonyl (C=O) groups is 2. The van der Waals surface area contributed by atoms with Crippen LogP contribution in [0.5, 0.6) is 23.0 Å². The first-order chi connectivity index (χ1) is 18.2. The Kier molecular flexibility index (Phi) is 10.0. The standard InChI is InChI=1S/C25H29IN4O8/c1-5-37-18-9-14(22-21(24(33)36-4)13(2)28-25(34)29-22)6-7-17(18)38-12-20(31)30-27-11-15-8-16(26)10-19(35-3)23(15)32/h6-11,20,22,30-32H,5,12H2,1-4H3,(H2,28,29,34)/b27-11+/t20-,22-/m0/s1. The van der Waals surface area contributed by atoms with Gasteiger partial charge in [0.1, 0.15) is 6.61 Å². The van der Waals surface area contributed by atoms with Gasteiger partial charge in [0.2, 0.25) is 0 Å². The molecule has 38 heavy (non-hydrogen) atoms. The number of methoxy groups -OCH3 is 2. The molecule has 0 aliphatic carbocycles. The third kappa shape index (κ3) is 6.98. The van der Waals surface area contributed by atoms with E-state index in [0.29, 0.717) is 40.7 Å². The number of hydrogen-bond donors (Lipinski definition) is 5. The third-order valence-corrected chi connectivity index (χ3v) is 6.01. The van der Waals surface area contributed by atoms with Crippen LogP contribution in [0.4, 0.5) is 4.79 Å². The number of aliphatic hydroxyl groups excluding tert-OH is 1. The van der Waals surface area contributed by atoms with E-state index in [2.05, 4.69) is 43.8 Å². The summed E-state index contributed by atoms with van der Waals surface area (Å²) in [6.07, 6.45) is 0.165. The average Bonchev–Trinajstić information content (AvgIpc) is 2.88. The maximum atomic E-state index is 12.4. The van der Waals surface area contributed by atoms with Crippen LogP contribution >= 0.6 is 22.6 Å². The van der Waals surface area contributed by atoms with E-state index in [9.17, 15) is 19.8 Å². The molecule has 1 heterocycles. The monoisotopic (exact) mass is 640 g/mol. The smallest absolute Gasteiger partial charge is 0.337 e. The van der Waals surface area contributed by atoms with Crippen molar-refractivity contribution in [3.8, 4) is 23.0 Å². The summed E-state index contributed by atoms with van der Waals surface area (Å²) in [4.78, 5) is 24.5. The quantitative estimate of drug-likeness (QED) is 0.0818. The molecular formula is C25H29IN4O8. The number of rotatable bonds is 11. The van der Waals surface area contributed by atoms with Crippen molar-refractivity contribution in [2.24, 2.45) is 5.10 Å². The molecule has 2 aromatic carbocycles. The van der Waals surface area contributed by atoms with E-state index in [4.69, 9.17) is 18.9 Å². The van der Waals surface area contributed by atoms with Crippen LogP contribution in [0.2, 0.25) is 0 Å². The van der Waals surface area contributed by atoms with E-state index in [1.54, 1.807) is 44.2 Å². The molecule has 3 rings (SSSR count). The molecule has 2 aromatic rings. The summed E-state index contributed by atoms with van der Waals surface area (Å²) < 4.78 is 22.3. The van der Waals surface area contributed by atoms with Crippen molar-refractivity contribution >= 4 is 40.8 Å². The molecule has 204 valence electrons. The van der Waals surface area contributed by atoms with Crippen molar-refractivity contribution in [1.82, 2.24) is 16.1 Å². The molecule has 13 heteroatoms. The first kappa shape index (κ1) is 28.8. The van der Waals surface area contributed by atoms with Gasteiger partial charge in [-0.1, -0.05) is 6.07 Å². The van der Waals surface area contributed by atoms with Crippen LogP contribution in [0.3, 0.4) is 0 Å². The second-order valence-corrected chi connectivity index (χ2v) is 9.21. The van der Waals surface area contributed by atoms with Gasteiger partial charge in [-0.15, -0.1) is 0 Å². The minimum Gasteiger partial charge on any atom is -0.504 e. The number of nitrogens with zero attached hydrogens (tertiary/aromatic N) is 1. The fraction of sp³-hybridized carbons (Fsp3) is 0.320. The minimum absolute atomic E-state index is 0.0732. The summed E-state index contributed by atoms with van der Waals surface area (Å²) in [5, 5.41) is 29.8. The van der Waals surface area contributed by atoms with Gasteiger partial charge >= 0.3 is 12.0 Å². The van der Waals surface area contributed by atoms with Gasteiger partial charge in [0, 0.05) is 14.8 Å². The second kappa shape index (κ2) is 13.2. The van der Waals surface area contributed by atoms with Crippen LogP contribution in [-0.4, -0.2) is 62.1 Å². The molecule has 2 amide bonds. The van der Waals surface area contributed by atoms with E-state index >= 15 is 0 Å². The van der Waals surface area contributed by atoms with Gasteiger partial charge in [-0.25, -0.2) is 9.59 Å². The lowest BCUT2D eigenvalue weighted by Gasteiger charge is -2.28. The number of carbonyl (C=O) groups excluding carboxylic acids is 2. The fourth-order valence-electron chi connectivity index (χ4n) is 3.66. The summed E-state index contributed by atoms with van der Waals surface area (Å²) in [5.41, 5.74) is 4.16. The van der Waals surface area contributed by atoms with Crippen molar-refractivity contribution in [2.75, 3.05) is 27.4 Å². The van der Waals surface area contributed by atoms with Gasteiger partial charge < -0.3 is 39.8 Å². The first-order valence-electron chi connectivity index (χ1n) is 11.5. The van der Waals surface area contributed by atoms with Gasteiger partial charge in [-0.05, 0) is 66.3 Å². The van der Waals surface area contributed by atoms with E-state index in [1.807, 2.05) is 0 Å². The zero-order valence-corrected chi connectivity index (χ0v) is 23.4. The highest BCUT2D eigenvalue weighted by Gasteiger charge is 2.32. The highest BCUT2D eigenvalue weighted by Crippen LogP contribution is 2.35. The van der Waals surface area contributed by atoms with Crippen molar-refractivity contribution in [3.63, 3.8) is 0 Å².